The molecule has 3 heterocycles. The first kappa shape index (κ1) is 15.6. The SMILES string of the molecule is O=C(O[C@H]1CCOC1=O)c1cc(-c2cccs2)nn1-c1ccccc1. The molecule has 0 radical (unpaired) electrons. The Kier molecular flexibility index (Phi) is 4.07. The molecule has 1 atom stereocenters. The molecule has 126 valence electrons. The first-order chi connectivity index (χ1) is 12.2. The summed E-state index contributed by atoms with van der Waals surface area (Å²) >= 11 is 1.54. The van der Waals surface area contributed by atoms with Crippen LogP contribution in [0.5, 0.6) is 0 Å². The molecule has 2 aromatic heterocycles. The van der Waals surface area contributed by atoms with Gasteiger partial charge in [0, 0.05) is 12.5 Å². The second-order valence-corrected chi connectivity index (χ2v) is 6.44. The maximum absolute atomic E-state index is 12.6. The van der Waals surface area contributed by atoms with Crippen LogP contribution >= 0.6 is 11.3 Å². The second-order valence-electron chi connectivity index (χ2n) is 5.49. The highest BCUT2D eigenvalue weighted by molar-refractivity contribution is 7.13. The Morgan fingerprint density at radius 3 is 2.76 bits per heavy atom. The molecule has 0 N–H and O–H groups in total. The minimum absolute atomic E-state index is 0.273. The maximum atomic E-state index is 12.6. The molecule has 6 nitrogen and oxygen atoms in total. The van der Waals surface area contributed by atoms with Crippen LogP contribution in [0.1, 0.15) is 16.9 Å². The standard InChI is InChI=1S/C18H14N2O4S/c21-17(24-15-8-9-23-18(15)22)14-11-13(16-7-4-10-25-16)19-20(14)12-5-2-1-3-6-12/h1-7,10-11,15H,8-9H2/t15-/m0/s1. The van der Waals surface area contributed by atoms with Gasteiger partial charge in [0.25, 0.3) is 0 Å². The van der Waals surface area contributed by atoms with E-state index in [0.717, 1.165) is 10.6 Å². The Balaban J connectivity index is 1.72. The van der Waals surface area contributed by atoms with Crippen molar-refractivity contribution in [3.8, 4) is 16.3 Å². The quantitative estimate of drug-likeness (QED) is 0.674. The zero-order valence-electron chi connectivity index (χ0n) is 13.1. The predicted molar refractivity (Wildman–Crippen MR) is 91.7 cm³/mol. The van der Waals surface area contributed by atoms with Crippen LogP contribution in [0.4, 0.5) is 0 Å². The highest BCUT2D eigenvalue weighted by atomic mass is 32.1. The summed E-state index contributed by atoms with van der Waals surface area (Å²) in [7, 11) is 0. The molecular formula is C18H14N2O4S. The average molecular weight is 354 g/mol. The summed E-state index contributed by atoms with van der Waals surface area (Å²) in [6.45, 7) is 0.273. The lowest BCUT2D eigenvalue weighted by atomic mass is 10.2. The summed E-state index contributed by atoms with van der Waals surface area (Å²) < 4.78 is 11.7. The Labute approximate surface area is 147 Å². The van der Waals surface area contributed by atoms with Crippen molar-refractivity contribution in [1.29, 1.82) is 0 Å². The summed E-state index contributed by atoms with van der Waals surface area (Å²) in [6.07, 6.45) is -0.473. The number of ether oxygens (including phenoxy) is 2. The molecule has 0 aliphatic carbocycles. The lowest BCUT2D eigenvalue weighted by molar-refractivity contribution is -0.145. The Hall–Kier alpha value is -2.93. The summed E-state index contributed by atoms with van der Waals surface area (Å²) in [5.74, 6) is -1.10. The van der Waals surface area contributed by atoms with Gasteiger partial charge in [-0.1, -0.05) is 24.3 Å². The molecule has 1 aromatic carbocycles. The highest BCUT2D eigenvalue weighted by Crippen LogP contribution is 2.26. The monoisotopic (exact) mass is 354 g/mol. The van der Waals surface area contributed by atoms with Gasteiger partial charge in [-0.3, -0.25) is 0 Å². The number of cyclic esters (lactones) is 1. The number of nitrogens with zero attached hydrogens (tertiary/aromatic N) is 2. The number of hydrogen-bond acceptors (Lipinski definition) is 6. The molecule has 4 rings (SSSR count). The van der Waals surface area contributed by atoms with Gasteiger partial charge in [-0.25, -0.2) is 14.3 Å². The summed E-state index contributed by atoms with van der Waals surface area (Å²) in [5, 5.41) is 6.50. The van der Waals surface area contributed by atoms with E-state index in [4.69, 9.17) is 9.47 Å². The molecule has 1 aliphatic heterocycles. The number of hydrogen-bond donors (Lipinski definition) is 0. The van der Waals surface area contributed by atoms with E-state index in [1.807, 2.05) is 47.8 Å². The molecule has 3 aromatic rings. The molecule has 0 amide bonds. The molecule has 0 unspecified atom stereocenters. The summed E-state index contributed by atoms with van der Waals surface area (Å²) in [5.41, 5.74) is 1.69. The molecule has 1 aliphatic rings. The van der Waals surface area contributed by atoms with E-state index in [-0.39, 0.29) is 12.3 Å². The minimum Gasteiger partial charge on any atom is -0.463 e. The predicted octanol–water partition coefficient (Wildman–Crippen LogP) is 3.07. The van der Waals surface area contributed by atoms with Gasteiger partial charge in [-0.2, -0.15) is 5.10 Å². The van der Waals surface area contributed by atoms with Crippen molar-refractivity contribution in [1.82, 2.24) is 9.78 Å². The van der Waals surface area contributed by atoms with E-state index in [9.17, 15) is 9.59 Å². The summed E-state index contributed by atoms with van der Waals surface area (Å²) in [4.78, 5) is 25.2. The van der Waals surface area contributed by atoms with Gasteiger partial charge in [0.15, 0.2) is 5.69 Å². The maximum Gasteiger partial charge on any atom is 0.357 e. The largest absolute Gasteiger partial charge is 0.463 e. The molecule has 7 heteroatoms. The van der Waals surface area contributed by atoms with Gasteiger partial charge in [-0.15, -0.1) is 11.3 Å². The molecule has 1 saturated heterocycles. The van der Waals surface area contributed by atoms with Crippen molar-refractivity contribution < 1.29 is 19.1 Å². The molecule has 0 bridgehead atoms. The van der Waals surface area contributed by atoms with Gasteiger partial charge < -0.3 is 9.47 Å². The molecule has 0 spiro atoms. The molecule has 25 heavy (non-hydrogen) atoms. The van der Waals surface area contributed by atoms with Crippen LogP contribution in [0.25, 0.3) is 16.3 Å². The van der Waals surface area contributed by atoms with Crippen LogP contribution in [0.3, 0.4) is 0 Å². The van der Waals surface area contributed by atoms with Gasteiger partial charge >= 0.3 is 11.9 Å². The first-order valence-corrected chi connectivity index (χ1v) is 8.67. The van der Waals surface area contributed by atoms with Crippen molar-refractivity contribution in [2.24, 2.45) is 0 Å². The number of carbonyl (C=O) groups is 2. The number of rotatable bonds is 4. The van der Waals surface area contributed by atoms with Gasteiger partial charge in [-0.05, 0) is 23.6 Å². The molecule has 1 fully saturated rings. The summed E-state index contributed by atoms with van der Waals surface area (Å²) in [6, 6.07) is 14.9. The van der Waals surface area contributed by atoms with Crippen LogP contribution in [0.2, 0.25) is 0 Å². The van der Waals surface area contributed by atoms with Crippen LogP contribution in [-0.2, 0) is 14.3 Å². The molecule has 0 saturated carbocycles. The fourth-order valence-electron chi connectivity index (χ4n) is 2.61. The lowest BCUT2D eigenvalue weighted by Gasteiger charge is -2.10. The van der Waals surface area contributed by atoms with E-state index in [1.54, 1.807) is 6.07 Å². The van der Waals surface area contributed by atoms with Crippen molar-refractivity contribution in [3.63, 3.8) is 0 Å². The number of esters is 2. The highest BCUT2D eigenvalue weighted by Gasteiger charge is 2.32. The minimum atomic E-state index is -0.850. The van der Waals surface area contributed by atoms with Crippen molar-refractivity contribution in [3.05, 3.63) is 59.6 Å². The van der Waals surface area contributed by atoms with Crippen LogP contribution < -0.4 is 0 Å². The number of thiophene rings is 1. The van der Waals surface area contributed by atoms with Crippen LogP contribution in [0.15, 0.2) is 53.9 Å². The van der Waals surface area contributed by atoms with E-state index in [0.29, 0.717) is 12.1 Å². The van der Waals surface area contributed by atoms with Crippen molar-refractivity contribution in [2.75, 3.05) is 6.61 Å². The van der Waals surface area contributed by atoms with E-state index in [2.05, 4.69) is 5.10 Å². The molecular weight excluding hydrogens is 340 g/mol. The van der Waals surface area contributed by atoms with Crippen LogP contribution in [-0.4, -0.2) is 34.4 Å². The third-order valence-electron chi connectivity index (χ3n) is 3.83. The van der Waals surface area contributed by atoms with Gasteiger partial charge in [0.05, 0.1) is 17.2 Å². The van der Waals surface area contributed by atoms with Crippen molar-refractivity contribution >= 4 is 23.3 Å². The fourth-order valence-corrected chi connectivity index (χ4v) is 3.29. The fraction of sp³-hybridized carbons (Fsp3) is 0.167. The van der Waals surface area contributed by atoms with E-state index < -0.39 is 18.0 Å². The number of carbonyl (C=O) groups excluding carboxylic acids is 2. The van der Waals surface area contributed by atoms with Crippen LogP contribution in [0, 0.1) is 0 Å². The Morgan fingerprint density at radius 2 is 2.08 bits per heavy atom. The van der Waals surface area contributed by atoms with Gasteiger partial charge in [0.1, 0.15) is 5.69 Å². The second kappa shape index (κ2) is 6.52. The lowest BCUT2D eigenvalue weighted by Crippen LogP contribution is -2.24. The van der Waals surface area contributed by atoms with Gasteiger partial charge in [0.2, 0.25) is 6.10 Å². The Morgan fingerprint density at radius 1 is 1.24 bits per heavy atom. The van der Waals surface area contributed by atoms with Crippen molar-refractivity contribution in [2.45, 2.75) is 12.5 Å². The number of aromatic nitrogens is 2. The third kappa shape index (κ3) is 3.06. The average Bonchev–Trinajstić information content (AvgIpc) is 3.36. The zero-order chi connectivity index (χ0) is 17.2. The first-order valence-electron chi connectivity index (χ1n) is 7.79. The third-order valence-corrected chi connectivity index (χ3v) is 4.72. The van der Waals surface area contributed by atoms with E-state index in [1.165, 1.54) is 16.0 Å². The number of para-hydroxylation sites is 1. The zero-order valence-corrected chi connectivity index (χ0v) is 13.9. The smallest absolute Gasteiger partial charge is 0.357 e. The number of benzene rings is 1. The topological polar surface area (TPSA) is 70.4 Å². The Bertz CT molecular complexity index is 903. The van der Waals surface area contributed by atoms with E-state index >= 15 is 0 Å². The normalized spacial score (nSPS) is 16.6.